The van der Waals surface area contributed by atoms with Gasteiger partial charge < -0.3 is 4.90 Å². The number of thioether (sulfide) groups is 1. The molecule has 5 rings (SSSR count). The summed E-state index contributed by atoms with van der Waals surface area (Å²) in [7, 11) is 0. The van der Waals surface area contributed by atoms with Gasteiger partial charge in [0.25, 0.3) is 5.56 Å². The molecule has 156 valence electrons. The van der Waals surface area contributed by atoms with Crippen LogP contribution in [0.5, 0.6) is 0 Å². The van der Waals surface area contributed by atoms with Gasteiger partial charge >= 0.3 is 0 Å². The second-order valence-electron chi connectivity index (χ2n) is 8.41. The summed E-state index contributed by atoms with van der Waals surface area (Å²) in [4.78, 5) is 32.9. The molecule has 0 spiro atoms. The lowest BCUT2D eigenvalue weighted by atomic mass is 10.00. The van der Waals surface area contributed by atoms with E-state index in [2.05, 4.69) is 12.0 Å². The predicted octanol–water partition coefficient (Wildman–Crippen LogP) is 3.19. The maximum absolute atomic E-state index is 13.3. The van der Waals surface area contributed by atoms with Crippen molar-refractivity contribution >= 4 is 28.7 Å². The molecule has 3 aromatic rings. The zero-order chi connectivity index (χ0) is 20.8. The Morgan fingerprint density at radius 1 is 1.30 bits per heavy atom. The lowest BCUT2D eigenvalue weighted by molar-refractivity contribution is -0.133. The number of aromatic nitrogens is 4. The van der Waals surface area contributed by atoms with Crippen LogP contribution in [0.15, 0.2) is 40.4 Å². The van der Waals surface area contributed by atoms with Crippen LogP contribution in [0, 0.1) is 12.8 Å². The summed E-state index contributed by atoms with van der Waals surface area (Å²) in [5.74, 6) is 1.38. The normalized spacial score (nSPS) is 21.2. The molecular weight excluding hydrogens is 398 g/mol. The van der Waals surface area contributed by atoms with Gasteiger partial charge in [0, 0.05) is 25.3 Å². The van der Waals surface area contributed by atoms with Crippen molar-refractivity contribution in [2.75, 3.05) is 18.8 Å². The molecule has 2 aliphatic heterocycles. The van der Waals surface area contributed by atoms with Crippen molar-refractivity contribution in [2.24, 2.45) is 5.92 Å². The van der Waals surface area contributed by atoms with Crippen molar-refractivity contribution in [3.05, 3.63) is 46.4 Å². The van der Waals surface area contributed by atoms with Crippen LogP contribution < -0.4 is 5.56 Å². The van der Waals surface area contributed by atoms with E-state index in [4.69, 9.17) is 4.98 Å². The van der Waals surface area contributed by atoms with Crippen LogP contribution >= 0.6 is 11.8 Å². The number of likely N-dealkylation sites (tertiary alicyclic amines) is 1. The third-order valence-corrected chi connectivity index (χ3v) is 7.23. The van der Waals surface area contributed by atoms with Crippen LogP contribution in [-0.2, 0) is 4.79 Å². The fourth-order valence-electron chi connectivity index (χ4n) is 4.50. The number of nitrogens with zero attached hydrogens (tertiary/aromatic N) is 5. The number of carbonyl (C=O) groups is 1. The third kappa shape index (κ3) is 3.23. The van der Waals surface area contributed by atoms with E-state index in [0.29, 0.717) is 34.3 Å². The highest BCUT2D eigenvalue weighted by Gasteiger charge is 2.31. The van der Waals surface area contributed by atoms with Gasteiger partial charge in [0.1, 0.15) is 5.39 Å². The highest BCUT2D eigenvalue weighted by Crippen LogP contribution is 2.34. The summed E-state index contributed by atoms with van der Waals surface area (Å²) < 4.78 is 3.45. The van der Waals surface area contributed by atoms with Gasteiger partial charge in [0.15, 0.2) is 10.8 Å². The second kappa shape index (κ2) is 7.58. The Balaban J connectivity index is 1.48. The highest BCUT2D eigenvalue weighted by atomic mass is 32.2. The van der Waals surface area contributed by atoms with E-state index in [1.807, 2.05) is 36.1 Å². The van der Waals surface area contributed by atoms with Gasteiger partial charge in [-0.1, -0.05) is 36.9 Å². The standard InChI is InChI=1S/C22H25N5O2S/c1-14-6-5-9-25(12-14)19(28)10-16-13-30-22-24-20-17(21(29)26(16)22)11-23-27(20)18-8-4-3-7-15(18)2/h3-4,7-8,11,14,16H,5-6,9-10,12-13H2,1-2H3. The van der Waals surface area contributed by atoms with Crippen molar-refractivity contribution in [3.8, 4) is 5.69 Å². The molecule has 2 aromatic heterocycles. The van der Waals surface area contributed by atoms with Crippen molar-refractivity contribution < 1.29 is 4.79 Å². The van der Waals surface area contributed by atoms with Gasteiger partial charge in [0.2, 0.25) is 5.91 Å². The van der Waals surface area contributed by atoms with Gasteiger partial charge in [-0.3, -0.25) is 14.2 Å². The Morgan fingerprint density at radius 2 is 2.13 bits per heavy atom. The largest absolute Gasteiger partial charge is 0.342 e. The minimum atomic E-state index is -0.152. The first-order valence-electron chi connectivity index (χ1n) is 10.5. The molecule has 0 aliphatic carbocycles. The van der Waals surface area contributed by atoms with E-state index in [0.717, 1.165) is 30.8 Å². The number of benzene rings is 1. The number of rotatable bonds is 3. The summed E-state index contributed by atoms with van der Waals surface area (Å²) in [6, 6.07) is 7.77. The summed E-state index contributed by atoms with van der Waals surface area (Å²) in [6.07, 6.45) is 4.19. The number of fused-ring (bicyclic) bond motifs is 2. The van der Waals surface area contributed by atoms with E-state index in [1.165, 1.54) is 6.42 Å². The van der Waals surface area contributed by atoms with Crippen molar-refractivity contribution in [2.45, 2.75) is 44.3 Å². The molecule has 4 heterocycles. The number of amides is 1. The first kappa shape index (κ1) is 19.4. The van der Waals surface area contributed by atoms with Gasteiger partial charge in [-0.05, 0) is 37.3 Å². The monoisotopic (exact) mass is 423 g/mol. The molecule has 1 aromatic carbocycles. The van der Waals surface area contributed by atoms with E-state index in [9.17, 15) is 9.59 Å². The first-order valence-corrected chi connectivity index (χ1v) is 11.5. The zero-order valence-corrected chi connectivity index (χ0v) is 18.1. The maximum Gasteiger partial charge on any atom is 0.265 e. The lowest BCUT2D eigenvalue weighted by Crippen LogP contribution is -2.40. The molecule has 1 amide bonds. The number of hydrogen-bond donors (Lipinski definition) is 0. The number of para-hydroxylation sites is 1. The Labute approximate surface area is 179 Å². The molecule has 7 nitrogen and oxygen atoms in total. The summed E-state index contributed by atoms with van der Waals surface area (Å²) in [5, 5.41) is 5.62. The molecule has 30 heavy (non-hydrogen) atoms. The maximum atomic E-state index is 13.3. The van der Waals surface area contributed by atoms with E-state index >= 15 is 0 Å². The van der Waals surface area contributed by atoms with Crippen molar-refractivity contribution in [3.63, 3.8) is 0 Å². The molecule has 2 unspecified atom stereocenters. The van der Waals surface area contributed by atoms with Crippen LogP contribution in [0.4, 0.5) is 0 Å². The summed E-state index contributed by atoms with van der Waals surface area (Å²) in [6.45, 7) is 5.85. The zero-order valence-electron chi connectivity index (χ0n) is 17.2. The smallest absolute Gasteiger partial charge is 0.265 e. The molecule has 0 bridgehead atoms. The highest BCUT2D eigenvalue weighted by molar-refractivity contribution is 7.99. The topological polar surface area (TPSA) is 73.0 Å². The van der Waals surface area contributed by atoms with E-state index < -0.39 is 0 Å². The Morgan fingerprint density at radius 3 is 2.93 bits per heavy atom. The quantitative estimate of drug-likeness (QED) is 0.605. The summed E-state index contributed by atoms with van der Waals surface area (Å²) in [5.41, 5.74) is 2.45. The summed E-state index contributed by atoms with van der Waals surface area (Å²) >= 11 is 1.55. The fourth-order valence-corrected chi connectivity index (χ4v) is 5.64. The van der Waals surface area contributed by atoms with Crippen LogP contribution in [0.2, 0.25) is 0 Å². The number of carbonyl (C=O) groups excluding carboxylic acids is 1. The average Bonchev–Trinajstić information content (AvgIpc) is 3.33. The van der Waals surface area contributed by atoms with Crippen LogP contribution in [0.1, 0.15) is 37.8 Å². The van der Waals surface area contributed by atoms with Crippen LogP contribution in [0.3, 0.4) is 0 Å². The van der Waals surface area contributed by atoms with Crippen LogP contribution in [0.25, 0.3) is 16.7 Å². The van der Waals surface area contributed by atoms with Crippen LogP contribution in [-0.4, -0.2) is 49.0 Å². The van der Waals surface area contributed by atoms with E-state index in [-0.39, 0.29) is 17.5 Å². The van der Waals surface area contributed by atoms with Gasteiger partial charge in [-0.2, -0.15) is 5.10 Å². The Hall–Kier alpha value is -2.61. The minimum absolute atomic E-state index is 0.107. The molecule has 2 aliphatic rings. The molecule has 2 atom stereocenters. The number of piperidine rings is 1. The van der Waals surface area contributed by atoms with E-state index in [1.54, 1.807) is 27.2 Å². The predicted molar refractivity (Wildman–Crippen MR) is 117 cm³/mol. The fraction of sp³-hybridized carbons (Fsp3) is 0.455. The number of aryl methyl sites for hydroxylation is 1. The van der Waals surface area contributed by atoms with Gasteiger partial charge in [-0.15, -0.1) is 0 Å². The molecular formula is C22H25N5O2S. The Kier molecular flexibility index (Phi) is 4.89. The number of hydrogen-bond acceptors (Lipinski definition) is 5. The van der Waals surface area contributed by atoms with Crippen molar-refractivity contribution in [1.29, 1.82) is 0 Å². The second-order valence-corrected chi connectivity index (χ2v) is 9.39. The molecule has 1 fully saturated rings. The molecule has 8 heteroatoms. The van der Waals surface area contributed by atoms with Gasteiger partial charge in [-0.25, -0.2) is 9.67 Å². The molecule has 0 radical (unpaired) electrons. The minimum Gasteiger partial charge on any atom is -0.342 e. The molecule has 0 saturated carbocycles. The molecule has 0 N–H and O–H groups in total. The van der Waals surface area contributed by atoms with Gasteiger partial charge in [0.05, 0.1) is 17.9 Å². The third-order valence-electron chi connectivity index (χ3n) is 6.13. The molecule has 1 saturated heterocycles. The lowest BCUT2D eigenvalue weighted by Gasteiger charge is -2.31. The van der Waals surface area contributed by atoms with Crippen molar-refractivity contribution in [1.82, 2.24) is 24.2 Å². The Bertz CT molecular complexity index is 1180. The average molecular weight is 424 g/mol. The SMILES string of the molecule is Cc1ccccc1-n1ncc2c(=O)n3c(nc21)SCC3CC(=O)N1CCCC(C)C1. The first-order chi connectivity index (χ1) is 14.5.